The second kappa shape index (κ2) is 6.08. The number of nitrogens with zero attached hydrogens (tertiary/aromatic N) is 1. The first-order valence-corrected chi connectivity index (χ1v) is 8.32. The Labute approximate surface area is 127 Å². The minimum absolute atomic E-state index is 0.143. The van der Waals surface area contributed by atoms with Gasteiger partial charge in [0.2, 0.25) is 0 Å². The lowest BCUT2D eigenvalue weighted by Gasteiger charge is -2.30. The first kappa shape index (κ1) is 14.4. The van der Waals surface area contributed by atoms with Gasteiger partial charge in [-0.3, -0.25) is 4.79 Å². The molecule has 2 aliphatic carbocycles. The van der Waals surface area contributed by atoms with E-state index in [-0.39, 0.29) is 5.91 Å². The Bertz CT molecular complexity index is 516. The van der Waals surface area contributed by atoms with Crippen LogP contribution in [0.2, 0.25) is 0 Å². The van der Waals surface area contributed by atoms with E-state index >= 15 is 0 Å². The first-order chi connectivity index (χ1) is 10.1. The van der Waals surface area contributed by atoms with Crippen molar-refractivity contribution in [2.75, 3.05) is 12.3 Å². The average molecular weight is 286 g/mol. The molecule has 3 rings (SSSR count). The van der Waals surface area contributed by atoms with Crippen molar-refractivity contribution in [3.8, 4) is 0 Å². The maximum Gasteiger partial charge on any atom is 0.256 e. The standard InChI is InChI=1S/C18H26N2O/c1-13-7-10-17(19)16(11-13)18(21)20(15-8-9-15)12-14-5-3-2-4-6-14/h7,10-11,14-15H,2-6,8-9,12,19H2,1H3. The van der Waals surface area contributed by atoms with E-state index in [0.29, 0.717) is 23.2 Å². The number of benzene rings is 1. The third-order valence-electron chi connectivity index (χ3n) is 4.87. The molecule has 2 N–H and O–H groups in total. The van der Waals surface area contributed by atoms with E-state index in [1.54, 1.807) is 0 Å². The monoisotopic (exact) mass is 286 g/mol. The highest BCUT2D eigenvalue weighted by atomic mass is 16.2. The predicted octanol–water partition coefficient (Wildman–Crippen LogP) is 3.76. The van der Waals surface area contributed by atoms with Gasteiger partial charge in [-0.25, -0.2) is 0 Å². The van der Waals surface area contributed by atoms with Crippen LogP contribution in [-0.4, -0.2) is 23.4 Å². The van der Waals surface area contributed by atoms with Gasteiger partial charge >= 0.3 is 0 Å². The Kier molecular flexibility index (Phi) is 4.18. The maximum atomic E-state index is 12.9. The van der Waals surface area contributed by atoms with E-state index < -0.39 is 0 Å². The van der Waals surface area contributed by atoms with Crippen molar-refractivity contribution in [1.82, 2.24) is 4.90 Å². The number of aryl methyl sites for hydroxylation is 1. The molecule has 21 heavy (non-hydrogen) atoms. The molecule has 0 bridgehead atoms. The number of rotatable bonds is 4. The zero-order valence-corrected chi connectivity index (χ0v) is 13.0. The van der Waals surface area contributed by atoms with Gasteiger partial charge in [0.15, 0.2) is 0 Å². The molecular formula is C18H26N2O. The number of anilines is 1. The predicted molar refractivity (Wildman–Crippen MR) is 86.2 cm³/mol. The van der Waals surface area contributed by atoms with Gasteiger partial charge in [-0.15, -0.1) is 0 Å². The highest BCUT2D eigenvalue weighted by molar-refractivity contribution is 5.99. The number of carbonyl (C=O) groups is 1. The fourth-order valence-electron chi connectivity index (χ4n) is 3.44. The van der Waals surface area contributed by atoms with Crippen LogP contribution in [0.15, 0.2) is 18.2 Å². The van der Waals surface area contributed by atoms with Crippen LogP contribution in [-0.2, 0) is 0 Å². The zero-order chi connectivity index (χ0) is 14.8. The highest BCUT2D eigenvalue weighted by Gasteiger charge is 2.35. The van der Waals surface area contributed by atoms with Crippen molar-refractivity contribution in [3.63, 3.8) is 0 Å². The molecule has 0 spiro atoms. The lowest BCUT2D eigenvalue weighted by molar-refractivity contribution is 0.0700. The van der Waals surface area contributed by atoms with Crippen molar-refractivity contribution in [1.29, 1.82) is 0 Å². The molecule has 2 aliphatic rings. The van der Waals surface area contributed by atoms with Crippen LogP contribution in [0.4, 0.5) is 5.69 Å². The summed E-state index contributed by atoms with van der Waals surface area (Å²) < 4.78 is 0. The Hall–Kier alpha value is -1.51. The topological polar surface area (TPSA) is 46.3 Å². The first-order valence-electron chi connectivity index (χ1n) is 8.32. The Morgan fingerprint density at radius 3 is 2.57 bits per heavy atom. The molecule has 114 valence electrons. The van der Waals surface area contributed by atoms with Gasteiger partial charge in [0.25, 0.3) is 5.91 Å². The van der Waals surface area contributed by atoms with E-state index in [2.05, 4.69) is 4.90 Å². The number of hydrogen-bond acceptors (Lipinski definition) is 2. The van der Waals surface area contributed by atoms with Crippen LogP contribution in [0.3, 0.4) is 0 Å². The summed E-state index contributed by atoms with van der Waals surface area (Å²) in [4.78, 5) is 15.0. The Morgan fingerprint density at radius 1 is 1.19 bits per heavy atom. The Balaban J connectivity index is 1.76. The van der Waals surface area contributed by atoms with Crippen LogP contribution in [0.5, 0.6) is 0 Å². The normalized spacial score (nSPS) is 19.5. The average Bonchev–Trinajstić information content (AvgIpc) is 3.32. The quantitative estimate of drug-likeness (QED) is 0.857. The fourth-order valence-corrected chi connectivity index (χ4v) is 3.44. The molecule has 0 aromatic heterocycles. The molecule has 1 amide bonds. The molecular weight excluding hydrogens is 260 g/mol. The third kappa shape index (κ3) is 3.39. The third-order valence-corrected chi connectivity index (χ3v) is 4.87. The summed E-state index contributed by atoms with van der Waals surface area (Å²) in [5, 5.41) is 0. The van der Waals surface area contributed by atoms with Crippen molar-refractivity contribution in [2.45, 2.75) is 57.9 Å². The molecule has 0 radical (unpaired) electrons. The van der Waals surface area contributed by atoms with Crippen LogP contribution >= 0.6 is 0 Å². The number of carbonyl (C=O) groups excluding carboxylic acids is 1. The van der Waals surface area contributed by atoms with Gasteiger partial charge in [0.05, 0.1) is 5.56 Å². The van der Waals surface area contributed by atoms with Gasteiger partial charge in [-0.2, -0.15) is 0 Å². The van der Waals surface area contributed by atoms with Crippen molar-refractivity contribution in [3.05, 3.63) is 29.3 Å². The zero-order valence-electron chi connectivity index (χ0n) is 13.0. The molecule has 3 heteroatoms. The van der Waals surface area contributed by atoms with Crippen LogP contribution < -0.4 is 5.73 Å². The number of nitrogens with two attached hydrogens (primary N) is 1. The fraction of sp³-hybridized carbons (Fsp3) is 0.611. The summed E-state index contributed by atoms with van der Waals surface area (Å²) >= 11 is 0. The molecule has 2 fully saturated rings. The number of amides is 1. The summed E-state index contributed by atoms with van der Waals surface area (Å²) in [6.45, 7) is 2.94. The minimum atomic E-state index is 0.143. The Morgan fingerprint density at radius 2 is 1.90 bits per heavy atom. The molecule has 0 unspecified atom stereocenters. The van der Waals surface area contributed by atoms with Gasteiger partial charge < -0.3 is 10.6 Å². The molecule has 0 aliphatic heterocycles. The second-order valence-corrected chi connectivity index (χ2v) is 6.78. The molecule has 2 saturated carbocycles. The maximum absolute atomic E-state index is 12.9. The largest absolute Gasteiger partial charge is 0.398 e. The SMILES string of the molecule is Cc1ccc(N)c(C(=O)N(CC2CCCCC2)C2CC2)c1. The van der Waals surface area contributed by atoms with Crippen molar-refractivity contribution >= 4 is 11.6 Å². The van der Waals surface area contributed by atoms with Gasteiger partial charge in [0, 0.05) is 18.3 Å². The van der Waals surface area contributed by atoms with E-state index in [1.165, 1.54) is 32.1 Å². The molecule has 0 atom stereocenters. The van der Waals surface area contributed by atoms with Crippen molar-refractivity contribution < 1.29 is 4.79 Å². The summed E-state index contributed by atoms with van der Waals surface area (Å²) in [7, 11) is 0. The smallest absolute Gasteiger partial charge is 0.256 e. The van der Waals surface area contributed by atoms with Gasteiger partial charge in [-0.1, -0.05) is 30.9 Å². The van der Waals surface area contributed by atoms with E-state index in [1.807, 2.05) is 25.1 Å². The summed E-state index contributed by atoms with van der Waals surface area (Å²) in [6.07, 6.45) is 8.88. The number of nitrogen functional groups attached to an aromatic ring is 1. The van der Waals surface area contributed by atoms with Crippen LogP contribution in [0.1, 0.15) is 60.9 Å². The summed E-state index contributed by atoms with van der Waals surface area (Å²) in [5.41, 5.74) is 8.44. The lowest BCUT2D eigenvalue weighted by atomic mass is 9.88. The van der Waals surface area contributed by atoms with E-state index in [4.69, 9.17) is 5.73 Å². The molecule has 0 heterocycles. The minimum Gasteiger partial charge on any atom is -0.398 e. The van der Waals surface area contributed by atoms with Crippen LogP contribution in [0.25, 0.3) is 0 Å². The second-order valence-electron chi connectivity index (χ2n) is 6.78. The van der Waals surface area contributed by atoms with Gasteiger partial charge in [0.1, 0.15) is 0 Å². The lowest BCUT2D eigenvalue weighted by Crippen LogP contribution is -2.38. The van der Waals surface area contributed by atoms with Crippen LogP contribution in [0, 0.1) is 12.8 Å². The van der Waals surface area contributed by atoms with Gasteiger partial charge in [-0.05, 0) is 50.7 Å². The molecule has 1 aromatic carbocycles. The van der Waals surface area contributed by atoms with Crippen molar-refractivity contribution in [2.24, 2.45) is 5.92 Å². The summed E-state index contributed by atoms with van der Waals surface area (Å²) in [6, 6.07) is 6.22. The number of hydrogen-bond donors (Lipinski definition) is 1. The molecule has 0 saturated heterocycles. The summed E-state index contributed by atoms with van der Waals surface area (Å²) in [5.74, 6) is 0.832. The highest BCUT2D eigenvalue weighted by Crippen LogP contribution is 2.33. The molecule has 1 aromatic rings. The van der Waals surface area contributed by atoms with E-state index in [9.17, 15) is 4.79 Å². The molecule has 3 nitrogen and oxygen atoms in total. The van der Waals surface area contributed by atoms with E-state index in [0.717, 1.165) is 24.9 Å².